The molecule has 1 saturated carbocycles. The van der Waals surface area contributed by atoms with E-state index in [1.165, 1.54) is 0 Å². The Hall–Kier alpha value is -1.31. The Kier molecular flexibility index (Phi) is 3.95. The molecule has 126 valence electrons. The monoisotopic (exact) mass is 339 g/mol. The van der Waals surface area contributed by atoms with E-state index in [9.17, 15) is 8.42 Å². The van der Waals surface area contributed by atoms with Gasteiger partial charge in [-0.15, -0.1) is 0 Å². The molecule has 23 heavy (non-hydrogen) atoms. The van der Waals surface area contributed by atoms with Gasteiger partial charge in [0.15, 0.2) is 11.5 Å². The molecular formula is C16H21NO5S. The van der Waals surface area contributed by atoms with Crippen molar-refractivity contribution in [1.82, 2.24) is 4.31 Å². The fraction of sp³-hybridized carbons (Fsp3) is 0.625. The van der Waals surface area contributed by atoms with E-state index in [0.717, 1.165) is 25.7 Å². The molecule has 0 bridgehead atoms. The lowest BCUT2D eigenvalue weighted by Crippen LogP contribution is -2.54. The average molecular weight is 339 g/mol. The fourth-order valence-corrected chi connectivity index (χ4v) is 5.36. The summed E-state index contributed by atoms with van der Waals surface area (Å²) in [6, 6.07) is 4.82. The zero-order chi connectivity index (χ0) is 15.9. The Bertz CT molecular complexity index is 688. The van der Waals surface area contributed by atoms with E-state index in [4.69, 9.17) is 14.2 Å². The first-order valence-corrected chi connectivity index (χ1v) is 9.63. The fourth-order valence-electron chi connectivity index (χ4n) is 3.68. The van der Waals surface area contributed by atoms with Crippen molar-refractivity contribution in [2.75, 3.05) is 26.4 Å². The predicted molar refractivity (Wildman–Crippen MR) is 83.3 cm³/mol. The third kappa shape index (κ3) is 2.70. The molecule has 2 fully saturated rings. The SMILES string of the molecule is O=S(=O)(c1ccc2c(c1)OCCO2)N1CCO[C@H]2CCCC[C@H]21. The molecule has 3 aliphatic rings. The summed E-state index contributed by atoms with van der Waals surface area (Å²) < 4.78 is 44.6. The van der Waals surface area contributed by atoms with E-state index in [1.807, 2.05) is 0 Å². The van der Waals surface area contributed by atoms with Gasteiger partial charge < -0.3 is 14.2 Å². The van der Waals surface area contributed by atoms with Crippen LogP contribution in [0.2, 0.25) is 0 Å². The normalized spacial score (nSPS) is 28.2. The summed E-state index contributed by atoms with van der Waals surface area (Å²) in [5.74, 6) is 1.11. The topological polar surface area (TPSA) is 65.1 Å². The number of hydrogen-bond acceptors (Lipinski definition) is 5. The van der Waals surface area contributed by atoms with Gasteiger partial charge in [0.1, 0.15) is 13.2 Å². The van der Waals surface area contributed by atoms with Crippen molar-refractivity contribution >= 4 is 10.0 Å². The maximum absolute atomic E-state index is 13.1. The zero-order valence-corrected chi connectivity index (χ0v) is 13.8. The lowest BCUT2D eigenvalue weighted by atomic mass is 9.91. The summed E-state index contributed by atoms with van der Waals surface area (Å²) >= 11 is 0. The number of sulfonamides is 1. The van der Waals surface area contributed by atoms with Crippen LogP contribution in [0.5, 0.6) is 11.5 Å². The molecule has 1 saturated heterocycles. The predicted octanol–water partition coefficient (Wildman–Crippen LogP) is 1.79. The summed E-state index contributed by atoms with van der Waals surface area (Å²) in [4.78, 5) is 0.271. The first-order chi connectivity index (χ1) is 11.2. The molecule has 2 aliphatic heterocycles. The van der Waals surface area contributed by atoms with Crippen LogP contribution in [0.15, 0.2) is 23.1 Å². The molecule has 2 atom stereocenters. The second kappa shape index (κ2) is 5.96. The van der Waals surface area contributed by atoms with Crippen molar-refractivity contribution in [2.24, 2.45) is 0 Å². The van der Waals surface area contributed by atoms with Gasteiger partial charge in [0.25, 0.3) is 0 Å². The molecule has 6 nitrogen and oxygen atoms in total. The maximum Gasteiger partial charge on any atom is 0.243 e. The highest BCUT2D eigenvalue weighted by molar-refractivity contribution is 7.89. The van der Waals surface area contributed by atoms with E-state index in [-0.39, 0.29) is 17.0 Å². The first-order valence-electron chi connectivity index (χ1n) is 8.19. The van der Waals surface area contributed by atoms with Gasteiger partial charge >= 0.3 is 0 Å². The highest BCUT2D eigenvalue weighted by atomic mass is 32.2. The Morgan fingerprint density at radius 3 is 2.65 bits per heavy atom. The van der Waals surface area contributed by atoms with Gasteiger partial charge in [-0.2, -0.15) is 4.31 Å². The molecule has 0 aromatic heterocycles. The largest absolute Gasteiger partial charge is 0.486 e. The highest BCUT2D eigenvalue weighted by Gasteiger charge is 2.41. The van der Waals surface area contributed by atoms with Crippen LogP contribution in [0.25, 0.3) is 0 Å². The highest BCUT2D eigenvalue weighted by Crippen LogP contribution is 2.36. The summed E-state index contributed by atoms with van der Waals surface area (Å²) in [5.41, 5.74) is 0. The van der Waals surface area contributed by atoms with E-state index in [1.54, 1.807) is 22.5 Å². The minimum atomic E-state index is -3.55. The Labute approximate surface area is 136 Å². The molecule has 0 N–H and O–H groups in total. The van der Waals surface area contributed by atoms with Crippen molar-refractivity contribution in [1.29, 1.82) is 0 Å². The third-order valence-electron chi connectivity index (χ3n) is 4.80. The number of benzene rings is 1. The van der Waals surface area contributed by atoms with E-state index < -0.39 is 10.0 Å². The Morgan fingerprint density at radius 1 is 1.00 bits per heavy atom. The minimum absolute atomic E-state index is 0.0319. The van der Waals surface area contributed by atoms with E-state index in [0.29, 0.717) is 37.9 Å². The molecule has 0 unspecified atom stereocenters. The number of nitrogens with zero attached hydrogens (tertiary/aromatic N) is 1. The van der Waals surface area contributed by atoms with Crippen LogP contribution in [0.4, 0.5) is 0 Å². The molecule has 0 amide bonds. The molecular weight excluding hydrogens is 318 g/mol. The first kappa shape index (κ1) is 15.2. The van der Waals surface area contributed by atoms with Gasteiger partial charge in [0, 0.05) is 12.6 Å². The maximum atomic E-state index is 13.1. The van der Waals surface area contributed by atoms with Gasteiger partial charge in [-0.3, -0.25) is 0 Å². The van der Waals surface area contributed by atoms with Crippen LogP contribution >= 0.6 is 0 Å². The lowest BCUT2D eigenvalue weighted by Gasteiger charge is -2.42. The third-order valence-corrected chi connectivity index (χ3v) is 6.72. The minimum Gasteiger partial charge on any atom is -0.486 e. The van der Waals surface area contributed by atoms with Gasteiger partial charge in [-0.1, -0.05) is 12.8 Å². The van der Waals surface area contributed by atoms with E-state index >= 15 is 0 Å². The quantitative estimate of drug-likeness (QED) is 0.822. The van der Waals surface area contributed by atoms with Crippen LogP contribution in [-0.2, 0) is 14.8 Å². The molecule has 0 radical (unpaired) electrons. The molecule has 2 heterocycles. The van der Waals surface area contributed by atoms with Crippen LogP contribution < -0.4 is 9.47 Å². The van der Waals surface area contributed by atoms with Crippen molar-refractivity contribution < 1.29 is 22.6 Å². The number of rotatable bonds is 2. The van der Waals surface area contributed by atoms with Crippen LogP contribution in [0.1, 0.15) is 25.7 Å². The number of fused-ring (bicyclic) bond motifs is 2. The summed E-state index contributed by atoms with van der Waals surface area (Å²) in [5, 5.41) is 0. The number of hydrogen-bond donors (Lipinski definition) is 0. The number of ether oxygens (including phenoxy) is 3. The second-order valence-corrected chi connectivity index (χ2v) is 8.07. The number of morpholine rings is 1. The Balaban J connectivity index is 1.66. The smallest absolute Gasteiger partial charge is 0.243 e. The van der Waals surface area contributed by atoms with Crippen LogP contribution in [-0.4, -0.2) is 51.2 Å². The average Bonchev–Trinajstić information content (AvgIpc) is 2.60. The standard InChI is InChI=1S/C16H21NO5S/c18-23(19,12-5-6-15-16(11-12)22-10-9-21-15)17-7-8-20-14-4-2-1-3-13(14)17/h5-6,11,13-14H,1-4,7-10H2/t13-,14+/m1/s1. The molecule has 0 spiro atoms. The molecule has 7 heteroatoms. The van der Waals surface area contributed by atoms with Crippen molar-refractivity contribution in [3.63, 3.8) is 0 Å². The molecule has 1 aliphatic carbocycles. The second-order valence-electron chi connectivity index (χ2n) is 6.18. The molecule has 1 aromatic carbocycles. The van der Waals surface area contributed by atoms with Gasteiger partial charge in [0.05, 0.1) is 23.6 Å². The van der Waals surface area contributed by atoms with Crippen LogP contribution in [0, 0.1) is 0 Å². The van der Waals surface area contributed by atoms with Crippen molar-refractivity contribution in [2.45, 2.75) is 42.7 Å². The van der Waals surface area contributed by atoms with Gasteiger partial charge in [-0.05, 0) is 25.0 Å². The zero-order valence-electron chi connectivity index (χ0n) is 12.9. The lowest BCUT2D eigenvalue weighted by molar-refractivity contribution is -0.0586. The van der Waals surface area contributed by atoms with Crippen LogP contribution in [0.3, 0.4) is 0 Å². The molecule has 1 aromatic rings. The van der Waals surface area contributed by atoms with Gasteiger partial charge in [0.2, 0.25) is 10.0 Å². The summed E-state index contributed by atoms with van der Waals surface area (Å²) in [6.45, 7) is 1.81. The van der Waals surface area contributed by atoms with Crippen molar-refractivity contribution in [3.8, 4) is 11.5 Å². The Morgan fingerprint density at radius 2 is 1.78 bits per heavy atom. The summed E-state index contributed by atoms with van der Waals surface area (Å²) in [6.07, 6.45) is 4.01. The van der Waals surface area contributed by atoms with E-state index in [2.05, 4.69) is 0 Å². The summed E-state index contributed by atoms with van der Waals surface area (Å²) in [7, 11) is -3.55. The van der Waals surface area contributed by atoms with Crippen molar-refractivity contribution in [3.05, 3.63) is 18.2 Å². The van der Waals surface area contributed by atoms with Gasteiger partial charge in [-0.25, -0.2) is 8.42 Å². The molecule has 4 rings (SSSR count).